The summed E-state index contributed by atoms with van der Waals surface area (Å²) in [6.45, 7) is 9.96. The maximum Gasteiger partial charge on any atom is 0.211 e. The Kier molecular flexibility index (Phi) is 7.60. The van der Waals surface area contributed by atoms with Gasteiger partial charge in [0.15, 0.2) is 0 Å². The summed E-state index contributed by atoms with van der Waals surface area (Å²) in [7, 11) is -1.00. The molecule has 0 unspecified atom stereocenters. The van der Waals surface area contributed by atoms with Crippen molar-refractivity contribution < 1.29 is 8.42 Å². The van der Waals surface area contributed by atoms with Crippen LogP contribution < -0.4 is 10.0 Å². The Bertz CT molecular complexity index is 388. The van der Waals surface area contributed by atoms with Gasteiger partial charge in [0, 0.05) is 12.6 Å². The van der Waals surface area contributed by atoms with Crippen LogP contribution in [0.3, 0.4) is 0 Å². The molecule has 0 spiro atoms. The molecule has 6 heteroatoms. The fourth-order valence-corrected chi connectivity index (χ4v) is 3.80. The quantitative estimate of drug-likeness (QED) is 0.631. The van der Waals surface area contributed by atoms with Crippen molar-refractivity contribution >= 4 is 10.0 Å². The first-order chi connectivity index (χ1) is 9.72. The Labute approximate surface area is 130 Å². The molecule has 0 aliphatic carbocycles. The van der Waals surface area contributed by atoms with Gasteiger partial charge in [0.25, 0.3) is 0 Å². The topological polar surface area (TPSA) is 61.4 Å². The van der Waals surface area contributed by atoms with E-state index in [-0.39, 0.29) is 11.2 Å². The number of likely N-dealkylation sites (tertiary alicyclic amines) is 1. The van der Waals surface area contributed by atoms with Gasteiger partial charge in [-0.3, -0.25) is 0 Å². The van der Waals surface area contributed by atoms with E-state index in [1.54, 1.807) is 0 Å². The van der Waals surface area contributed by atoms with Gasteiger partial charge in [0.05, 0.1) is 5.75 Å². The first-order valence-electron chi connectivity index (χ1n) is 8.12. The number of sulfonamides is 1. The highest BCUT2D eigenvalue weighted by molar-refractivity contribution is 7.89. The number of unbranched alkanes of at least 4 members (excludes halogenated alkanes) is 1. The molecule has 0 aromatic carbocycles. The van der Waals surface area contributed by atoms with Crippen molar-refractivity contribution in [1.82, 2.24) is 14.9 Å². The zero-order valence-corrected chi connectivity index (χ0v) is 14.9. The number of hydrogen-bond donors (Lipinski definition) is 2. The maximum absolute atomic E-state index is 12.0. The minimum Gasteiger partial charge on any atom is -0.315 e. The summed E-state index contributed by atoms with van der Waals surface area (Å²) in [5.74, 6) is 0.239. The van der Waals surface area contributed by atoms with Gasteiger partial charge in [-0.05, 0) is 57.8 Å². The Morgan fingerprint density at radius 3 is 2.38 bits per heavy atom. The van der Waals surface area contributed by atoms with Gasteiger partial charge >= 0.3 is 0 Å². The van der Waals surface area contributed by atoms with Crippen LogP contribution in [0.4, 0.5) is 0 Å². The van der Waals surface area contributed by atoms with Crippen molar-refractivity contribution in [2.75, 3.05) is 39.0 Å². The third-order valence-electron chi connectivity index (χ3n) is 4.31. The van der Waals surface area contributed by atoms with Gasteiger partial charge in [-0.15, -0.1) is 0 Å². The molecule has 1 rings (SSSR count). The van der Waals surface area contributed by atoms with Crippen LogP contribution in [0.25, 0.3) is 0 Å². The molecule has 0 atom stereocenters. The molecular formula is C15H33N3O2S. The van der Waals surface area contributed by atoms with Crippen molar-refractivity contribution in [2.45, 2.75) is 52.5 Å². The van der Waals surface area contributed by atoms with Gasteiger partial charge in [-0.2, -0.15) is 0 Å². The van der Waals surface area contributed by atoms with E-state index in [1.165, 1.54) is 0 Å². The summed E-state index contributed by atoms with van der Waals surface area (Å²) in [6.07, 6.45) is 3.74. The summed E-state index contributed by atoms with van der Waals surface area (Å²) < 4.78 is 26.9. The van der Waals surface area contributed by atoms with E-state index in [1.807, 2.05) is 0 Å². The normalized spacial score (nSPS) is 20.0. The van der Waals surface area contributed by atoms with Crippen LogP contribution in [0.2, 0.25) is 0 Å². The lowest BCUT2D eigenvalue weighted by atomic mass is 9.81. The minimum atomic E-state index is -3.12. The van der Waals surface area contributed by atoms with Crippen molar-refractivity contribution in [3.63, 3.8) is 0 Å². The molecule has 0 amide bonds. The second kappa shape index (κ2) is 8.46. The van der Waals surface area contributed by atoms with Crippen LogP contribution in [0.5, 0.6) is 0 Å². The predicted octanol–water partition coefficient (Wildman–Crippen LogP) is 1.42. The van der Waals surface area contributed by atoms with Crippen LogP contribution in [0.15, 0.2) is 0 Å². The standard InChI is InChI=1S/C15H33N3O2S/c1-14(2)16-9-5-6-12-21(19,20)17-13-15(3)7-10-18(4)11-8-15/h14,16-17H,5-13H2,1-4H3. The molecule has 1 aliphatic rings. The van der Waals surface area contributed by atoms with E-state index in [2.05, 4.69) is 42.8 Å². The van der Waals surface area contributed by atoms with E-state index in [9.17, 15) is 8.42 Å². The van der Waals surface area contributed by atoms with E-state index in [0.29, 0.717) is 19.0 Å². The van der Waals surface area contributed by atoms with Crippen molar-refractivity contribution in [2.24, 2.45) is 5.41 Å². The zero-order chi connectivity index (χ0) is 15.9. The van der Waals surface area contributed by atoms with Gasteiger partial charge in [-0.1, -0.05) is 20.8 Å². The second-order valence-corrected chi connectivity index (χ2v) is 9.00. The van der Waals surface area contributed by atoms with Crippen LogP contribution in [-0.4, -0.2) is 58.3 Å². The number of nitrogens with zero attached hydrogens (tertiary/aromatic N) is 1. The first kappa shape index (κ1) is 18.9. The molecule has 5 nitrogen and oxygen atoms in total. The zero-order valence-electron chi connectivity index (χ0n) is 14.1. The highest BCUT2D eigenvalue weighted by Gasteiger charge is 2.29. The van der Waals surface area contributed by atoms with Gasteiger partial charge in [-0.25, -0.2) is 13.1 Å². The summed E-state index contributed by atoms with van der Waals surface area (Å²) in [5, 5.41) is 3.31. The Morgan fingerprint density at radius 1 is 1.19 bits per heavy atom. The minimum absolute atomic E-state index is 0.110. The average molecular weight is 320 g/mol. The van der Waals surface area contributed by atoms with Crippen LogP contribution in [0, 0.1) is 5.41 Å². The summed E-state index contributed by atoms with van der Waals surface area (Å²) in [6, 6.07) is 0.462. The summed E-state index contributed by atoms with van der Waals surface area (Å²) >= 11 is 0. The molecule has 126 valence electrons. The SMILES string of the molecule is CC(C)NCCCCS(=O)(=O)NCC1(C)CCN(C)CC1. The molecule has 21 heavy (non-hydrogen) atoms. The molecule has 0 saturated carbocycles. The molecule has 1 fully saturated rings. The number of piperidine rings is 1. The molecule has 0 radical (unpaired) electrons. The monoisotopic (exact) mass is 319 g/mol. The second-order valence-electron chi connectivity index (χ2n) is 7.07. The molecule has 0 aromatic heterocycles. The summed E-state index contributed by atoms with van der Waals surface area (Å²) in [5.41, 5.74) is 0.110. The highest BCUT2D eigenvalue weighted by atomic mass is 32.2. The van der Waals surface area contributed by atoms with E-state index < -0.39 is 10.0 Å². The Balaban J connectivity index is 2.23. The van der Waals surface area contributed by atoms with Gasteiger partial charge in [0.2, 0.25) is 10.0 Å². The van der Waals surface area contributed by atoms with E-state index in [0.717, 1.165) is 38.9 Å². The Morgan fingerprint density at radius 2 is 1.81 bits per heavy atom. The van der Waals surface area contributed by atoms with E-state index in [4.69, 9.17) is 0 Å². The third kappa shape index (κ3) is 8.14. The number of hydrogen-bond acceptors (Lipinski definition) is 4. The Hall–Kier alpha value is -0.170. The van der Waals surface area contributed by atoms with E-state index >= 15 is 0 Å². The summed E-state index contributed by atoms with van der Waals surface area (Å²) in [4.78, 5) is 2.30. The number of rotatable bonds is 9. The molecule has 1 heterocycles. The van der Waals surface area contributed by atoms with Crippen molar-refractivity contribution in [3.05, 3.63) is 0 Å². The maximum atomic E-state index is 12.0. The fraction of sp³-hybridized carbons (Fsp3) is 1.00. The molecule has 2 N–H and O–H groups in total. The van der Waals surface area contributed by atoms with Crippen molar-refractivity contribution in [1.29, 1.82) is 0 Å². The first-order valence-corrected chi connectivity index (χ1v) is 9.77. The molecule has 1 aliphatic heterocycles. The predicted molar refractivity (Wildman–Crippen MR) is 89.0 cm³/mol. The average Bonchev–Trinajstić information content (AvgIpc) is 2.40. The van der Waals surface area contributed by atoms with Gasteiger partial charge in [0.1, 0.15) is 0 Å². The molecule has 1 saturated heterocycles. The molecule has 0 bridgehead atoms. The van der Waals surface area contributed by atoms with Crippen LogP contribution in [0.1, 0.15) is 46.5 Å². The fourth-order valence-electron chi connectivity index (χ4n) is 2.50. The lowest BCUT2D eigenvalue weighted by Gasteiger charge is -2.37. The van der Waals surface area contributed by atoms with Gasteiger partial charge < -0.3 is 10.2 Å². The van der Waals surface area contributed by atoms with Crippen LogP contribution in [-0.2, 0) is 10.0 Å². The third-order valence-corrected chi connectivity index (χ3v) is 5.72. The lowest BCUT2D eigenvalue weighted by Crippen LogP contribution is -2.43. The molecular weight excluding hydrogens is 286 g/mol. The number of nitrogens with one attached hydrogen (secondary N) is 2. The smallest absolute Gasteiger partial charge is 0.211 e. The lowest BCUT2D eigenvalue weighted by molar-refractivity contribution is 0.143. The largest absolute Gasteiger partial charge is 0.315 e. The highest BCUT2D eigenvalue weighted by Crippen LogP contribution is 2.29. The van der Waals surface area contributed by atoms with Crippen molar-refractivity contribution in [3.8, 4) is 0 Å². The van der Waals surface area contributed by atoms with Crippen LogP contribution >= 0.6 is 0 Å². The molecule has 0 aromatic rings.